The Morgan fingerprint density at radius 3 is 2.04 bits per heavy atom. The van der Waals surface area contributed by atoms with Gasteiger partial charge in [-0.15, -0.1) is 0 Å². The second-order valence-corrected chi connectivity index (χ2v) is 5.87. The summed E-state index contributed by atoms with van der Waals surface area (Å²) in [4.78, 5) is 12.6. The quantitative estimate of drug-likeness (QED) is 0.795. The van der Waals surface area contributed by atoms with Gasteiger partial charge in [0.05, 0.1) is 0 Å². The molecule has 0 unspecified atom stereocenters. The first kappa shape index (κ1) is 18.1. The largest absolute Gasteiger partial charge is 0.481 e. The molecule has 0 saturated heterocycles. The van der Waals surface area contributed by atoms with E-state index in [4.69, 9.17) is 4.74 Å². The SMILES string of the molecule is CCc1ccccc1O[C@@H](C)C(=O)Nc1c(CC)cccc1CC. The number of anilines is 1. The van der Waals surface area contributed by atoms with Crippen LogP contribution in [0.4, 0.5) is 5.69 Å². The Morgan fingerprint density at radius 1 is 0.917 bits per heavy atom. The highest BCUT2D eigenvalue weighted by Crippen LogP contribution is 2.24. The van der Waals surface area contributed by atoms with Gasteiger partial charge >= 0.3 is 0 Å². The number of carbonyl (C=O) groups excluding carboxylic acids is 1. The Morgan fingerprint density at radius 2 is 1.46 bits per heavy atom. The van der Waals surface area contributed by atoms with Gasteiger partial charge in [0.1, 0.15) is 5.75 Å². The van der Waals surface area contributed by atoms with Crippen molar-refractivity contribution in [2.45, 2.75) is 53.1 Å². The summed E-state index contributed by atoms with van der Waals surface area (Å²) in [7, 11) is 0. The number of ether oxygens (including phenoxy) is 1. The van der Waals surface area contributed by atoms with E-state index in [-0.39, 0.29) is 5.91 Å². The summed E-state index contributed by atoms with van der Waals surface area (Å²) >= 11 is 0. The van der Waals surface area contributed by atoms with Crippen LogP contribution in [0.15, 0.2) is 42.5 Å². The van der Waals surface area contributed by atoms with Crippen LogP contribution >= 0.6 is 0 Å². The van der Waals surface area contributed by atoms with Crippen LogP contribution in [0.2, 0.25) is 0 Å². The van der Waals surface area contributed by atoms with Crippen LogP contribution in [-0.4, -0.2) is 12.0 Å². The molecule has 0 aliphatic carbocycles. The van der Waals surface area contributed by atoms with Crippen molar-refractivity contribution in [2.75, 3.05) is 5.32 Å². The van der Waals surface area contributed by atoms with Gasteiger partial charge < -0.3 is 10.1 Å². The van der Waals surface area contributed by atoms with Gasteiger partial charge in [0.2, 0.25) is 0 Å². The first-order valence-electron chi connectivity index (χ1n) is 8.76. The zero-order valence-electron chi connectivity index (χ0n) is 15.1. The van der Waals surface area contributed by atoms with Gasteiger partial charge in [-0.25, -0.2) is 0 Å². The molecule has 0 aliphatic rings. The topological polar surface area (TPSA) is 38.3 Å². The third-order valence-corrected chi connectivity index (χ3v) is 4.27. The lowest BCUT2D eigenvalue weighted by Gasteiger charge is -2.19. The number of benzene rings is 2. The molecule has 3 heteroatoms. The molecule has 2 aromatic rings. The molecule has 0 bridgehead atoms. The Kier molecular flexibility index (Phi) is 6.42. The van der Waals surface area contributed by atoms with E-state index in [0.29, 0.717) is 0 Å². The van der Waals surface area contributed by atoms with Crippen LogP contribution < -0.4 is 10.1 Å². The van der Waals surface area contributed by atoms with E-state index in [0.717, 1.165) is 47.4 Å². The summed E-state index contributed by atoms with van der Waals surface area (Å²) in [6.45, 7) is 8.07. The summed E-state index contributed by atoms with van der Waals surface area (Å²) in [5.74, 6) is 0.665. The number of hydrogen-bond acceptors (Lipinski definition) is 2. The maximum atomic E-state index is 12.6. The Bertz CT molecular complexity index is 672. The second-order valence-electron chi connectivity index (χ2n) is 5.87. The van der Waals surface area contributed by atoms with E-state index >= 15 is 0 Å². The van der Waals surface area contributed by atoms with Gasteiger partial charge in [-0.05, 0) is 48.9 Å². The molecule has 2 aromatic carbocycles. The third kappa shape index (κ3) is 4.16. The Hall–Kier alpha value is -2.29. The molecule has 0 radical (unpaired) electrons. The lowest BCUT2D eigenvalue weighted by molar-refractivity contribution is -0.122. The smallest absolute Gasteiger partial charge is 0.265 e. The maximum absolute atomic E-state index is 12.6. The minimum absolute atomic E-state index is 0.114. The molecule has 0 saturated carbocycles. The fourth-order valence-corrected chi connectivity index (χ4v) is 2.78. The van der Waals surface area contributed by atoms with Crippen molar-refractivity contribution in [3.05, 3.63) is 59.2 Å². The summed E-state index contributed by atoms with van der Waals surface area (Å²) in [5, 5.41) is 3.07. The molecule has 3 nitrogen and oxygen atoms in total. The average molecular weight is 325 g/mol. The predicted molar refractivity (Wildman–Crippen MR) is 99.7 cm³/mol. The van der Waals surface area contributed by atoms with Gasteiger partial charge in [-0.2, -0.15) is 0 Å². The summed E-state index contributed by atoms with van der Waals surface area (Å²) in [6, 6.07) is 14.0. The third-order valence-electron chi connectivity index (χ3n) is 4.27. The maximum Gasteiger partial charge on any atom is 0.265 e. The first-order valence-corrected chi connectivity index (χ1v) is 8.76. The molecule has 1 N–H and O–H groups in total. The fourth-order valence-electron chi connectivity index (χ4n) is 2.78. The summed E-state index contributed by atoms with van der Waals surface area (Å²) in [5.41, 5.74) is 4.36. The van der Waals surface area contributed by atoms with Crippen molar-refractivity contribution in [1.29, 1.82) is 0 Å². The van der Waals surface area contributed by atoms with Crippen LogP contribution in [0.25, 0.3) is 0 Å². The molecular weight excluding hydrogens is 298 g/mol. The number of nitrogens with one attached hydrogen (secondary N) is 1. The molecule has 128 valence electrons. The zero-order valence-corrected chi connectivity index (χ0v) is 15.1. The highest BCUT2D eigenvalue weighted by Gasteiger charge is 2.18. The summed E-state index contributed by atoms with van der Waals surface area (Å²) < 4.78 is 5.91. The molecule has 0 heterocycles. The highest BCUT2D eigenvalue weighted by molar-refractivity contribution is 5.95. The van der Waals surface area contributed by atoms with E-state index in [1.165, 1.54) is 0 Å². The molecule has 24 heavy (non-hydrogen) atoms. The number of aryl methyl sites for hydroxylation is 3. The zero-order chi connectivity index (χ0) is 17.5. The van der Waals surface area contributed by atoms with Crippen LogP contribution in [0.5, 0.6) is 5.75 Å². The number of amides is 1. The Labute approximate surface area is 145 Å². The van der Waals surface area contributed by atoms with E-state index in [1.807, 2.05) is 30.3 Å². The molecule has 2 rings (SSSR count). The Balaban J connectivity index is 2.15. The monoisotopic (exact) mass is 325 g/mol. The lowest BCUT2D eigenvalue weighted by Crippen LogP contribution is -2.31. The van der Waals surface area contributed by atoms with Crippen LogP contribution in [0.3, 0.4) is 0 Å². The van der Waals surface area contributed by atoms with Crippen molar-refractivity contribution in [2.24, 2.45) is 0 Å². The number of para-hydroxylation sites is 2. The standard InChI is InChI=1S/C21H27NO2/c1-5-16-11-8-9-14-19(16)24-15(4)21(23)22-20-17(6-2)12-10-13-18(20)7-3/h8-15H,5-7H2,1-4H3,(H,22,23)/t15-/m0/s1. The minimum atomic E-state index is -0.549. The van der Waals surface area contributed by atoms with Crippen molar-refractivity contribution >= 4 is 11.6 Å². The van der Waals surface area contributed by atoms with E-state index in [1.54, 1.807) is 6.92 Å². The van der Waals surface area contributed by atoms with Crippen molar-refractivity contribution in [1.82, 2.24) is 0 Å². The summed E-state index contributed by atoms with van der Waals surface area (Å²) in [6.07, 6.45) is 2.10. The predicted octanol–water partition coefficient (Wildman–Crippen LogP) is 4.78. The van der Waals surface area contributed by atoms with E-state index in [9.17, 15) is 4.79 Å². The van der Waals surface area contributed by atoms with Gasteiger partial charge in [0.15, 0.2) is 6.10 Å². The van der Waals surface area contributed by atoms with Crippen molar-refractivity contribution < 1.29 is 9.53 Å². The van der Waals surface area contributed by atoms with Crippen molar-refractivity contribution in [3.63, 3.8) is 0 Å². The minimum Gasteiger partial charge on any atom is -0.481 e. The lowest BCUT2D eigenvalue weighted by atomic mass is 10.0. The average Bonchev–Trinajstić information content (AvgIpc) is 2.62. The first-order chi connectivity index (χ1) is 11.6. The van der Waals surface area contributed by atoms with Gasteiger partial charge in [0, 0.05) is 5.69 Å². The fraction of sp³-hybridized carbons (Fsp3) is 0.381. The van der Waals surface area contributed by atoms with Gasteiger partial charge in [-0.1, -0.05) is 57.2 Å². The van der Waals surface area contributed by atoms with E-state index in [2.05, 4.69) is 38.2 Å². The molecule has 0 aliphatic heterocycles. The van der Waals surface area contributed by atoms with Crippen LogP contribution in [0.1, 0.15) is 44.4 Å². The van der Waals surface area contributed by atoms with Gasteiger partial charge in [-0.3, -0.25) is 4.79 Å². The molecule has 0 spiro atoms. The number of carbonyl (C=O) groups is 1. The molecule has 1 amide bonds. The number of rotatable bonds is 7. The molecule has 1 atom stereocenters. The van der Waals surface area contributed by atoms with E-state index < -0.39 is 6.10 Å². The number of hydrogen-bond donors (Lipinski definition) is 1. The molecule has 0 fully saturated rings. The van der Waals surface area contributed by atoms with Crippen LogP contribution in [-0.2, 0) is 24.1 Å². The highest BCUT2D eigenvalue weighted by atomic mass is 16.5. The molecule has 0 aromatic heterocycles. The van der Waals surface area contributed by atoms with Gasteiger partial charge in [0.25, 0.3) is 5.91 Å². The van der Waals surface area contributed by atoms with Crippen LogP contribution in [0, 0.1) is 0 Å². The second kappa shape index (κ2) is 8.53. The molecular formula is C21H27NO2. The normalized spacial score (nSPS) is 11.8. The van der Waals surface area contributed by atoms with Crippen molar-refractivity contribution in [3.8, 4) is 5.75 Å².